The highest BCUT2D eigenvalue weighted by Crippen LogP contribution is 2.16. The molecule has 108 valence electrons. The molecule has 0 rings (SSSR count). The number of hydrogen-bond acceptors (Lipinski definition) is 2. The summed E-state index contributed by atoms with van der Waals surface area (Å²) in [5.41, 5.74) is 0. The molecule has 2 nitrogen and oxygen atoms in total. The van der Waals surface area contributed by atoms with Gasteiger partial charge in [0.25, 0.3) is 0 Å². The summed E-state index contributed by atoms with van der Waals surface area (Å²) < 4.78 is 5.29. The molecule has 1 unspecified atom stereocenters. The third-order valence-corrected chi connectivity index (χ3v) is 3.47. The summed E-state index contributed by atoms with van der Waals surface area (Å²) in [6, 6.07) is 0. The number of carbonyl (C=O) groups is 1. The lowest BCUT2D eigenvalue weighted by Crippen LogP contribution is -2.17. The zero-order chi connectivity index (χ0) is 13.6. The van der Waals surface area contributed by atoms with Gasteiger partial charge in [-0.2, -0.15) is 0 Å². The van der Waals surface area contributed by atoms with Crippen molar-refractivity contribution in [3.63, 3.8) is 0 Å². The van der Waals surface area contributed by atoms with Gasteiger partial charge < -0.3 is 4.74 Å². The molecule has 0 heterocycles. The molecule has 0 N–H and O–H groups in total. The van der Waals surface area contributed by atoms with E-state index in [-0.39, 0.29) is 11.9 Å². The Hall–Kier alpha value is -0.530. The van der Waals surface area contributed by atoms with Crippen LogP contribution in [0.15, 0.2) is 0 Å². The summed E-state index contributed by atoms with van der Waals surface area (Å²) in [5, 5.41) is 0. The van der Waals surface area contributed by atoms with Crippen LogP contribution in [0.3, 0.4) is 0 Å². The van der Waals surface area contributed by atoms with Crippen molar-refractivity contribution in [3.8, 4) is 0 Å². The quantitative estimate of drug-likeness (QED) is 0.358. The molecule has 0 aromatic carbocycles. The number of unbranched alkanes of at least 4 members (excludes halogenated alkanes) is 6. The third kappa shape index (κ3) is 9.49. The van der Waals surface area contributed by atoms with Crippen LogP contribution in [0.5, 0.6) is 0 Å². The first-order chi connectivity index (χ1) is 8.76. The first-order valence-electron chi connectivity index (χ1n) is 7.92. The van der Waals surface area contributed by atoms with Crippen molar-refractivity contribution >= 4 is 5.97 Å². The smallest absolute Gasteiger partial charge is 0.308 e. The van der Waals surface area contributed by atoms with E-state index in [1.807, 2.05) is 0 Å². The van der Waals surface area contributed by atoms with Gasteiger partial charge in [-0.15, -0.1) is 0 Å². The summed E-state index contributed by atoms with van der Waals surface area (Å²) in [6.45, 7) is 7.03. The molecule has 18 heavy (non-hydrogen) atoms. The molecule has 0 aliphatic heterocycles. The van der Waals surface area contributed by atoms with E-state index in [1.165, 1.54) is 38.5 Å². The fourth-order valence-electron chi connectivity index (χ4n) is 2.09. The van der Waals surface area contributed by atoms with Crippen molar-refractivity contribution in [3.05, 3.63) is 0 Å². The standard InChI is InChI=1S/C16H32O2/c1-4-7-9-10-11-12-13-15(6-3)16(17)18-14-8-5-2/h15H,4-14H2,1-3H3. The maximum absolute atomic E-state index is 11.8. The van der Waals surface area contributed by atoms with Gasteiger partial charge in [0.15, 0.2) is 0 Å². The predicted octanol–water partition coefficient (Wildman–Crippen LogP) is 5.11. The number of hydrogen-bond donors (Lipinski definition) is 0. The molecule has 0 aromatic heterocycles. The Morgan fingerprint density at radius 3 is 2.11 bits per heavy atom. The van der Waals surface area contributed by atoms with Crippen LogP contribution in [0.2, 0.25) is 0 Å². The highest BCUT2D eigenvalue weighted by Gasteiger charge is 2.16. The van der Waals surface area contributed by atoms with E-state index in [1.54, 1.807) is 0 Å². The number of esters is 1. The molecule has 2 heteroatoms. The van der Waals surface area contributed by atoms with E-state index in [0.29, 0.717) is 6.61 Å². The first-order valence-corrected chi connectivity index (χ1v) is 7.92. The van der Waals surface area contributed by atoms with E-state index in [0.717, 1.165) is 25.7 Å². The van der Waals surface area contributed by atoms with Gasteiger partial charge in [0.05, 0.1) is 12.5 Å². The van der Waals surface area contributed by atoms with Crippen LogP contribution in [0.25, 0.3) is 0 Å². The predicted molar refractivity (Wildman–Crippen MR) is 77.6 cm³/mol. The van der Waals surface area contributed by atoms with Crippen molar-refractivity contribution < 1.29 is 9.53 Å². The lowest BCUT2D eigenvalue weighted by molar-refractivity contribution is -0.149. The molecule has 0 bridgehead atoms. The Bertz CT molecular complexity index is 190. The van der Waals surface area contributed by atoms with Crippen molar-refractivity contribution in [1.82, 2.24) is 0 Å². The van der Waals surface area contributed by atoms with Crippen LogP contribution in [-0.4, -0.2) is 12.6 Å². The van der Waals surface area contributed by atoms with Crippen molar-refractivity contribution in [2.45, 2.75) is 85.0 Å². The Kier molecular flexibility index (Phi) is 12.5. The molecule has 0 amide bonds. The number of ether oxygens (including phenoxy) is 1. The maximum atomic E-state index is 11.8. The zero-order valence-electron chi connectivity index (χ0n) is 12.7. The Morgan fingerprint density at radius 2 is 1.50 bits per heavy atom. The lowest BCUT2D eigenvalue weighted by Gasteiger charge is -2.13. The van der Waals surface area contributed by atoms with Gasteiger partial charge in [-0.05, 0) is 19.3 Å². The summed E-state index contributed by atoms with van der Waals surface area (Å²) in [4.78, 5) is 11.8. The van der Waals surface area contributed by atoms with Gasteiger partial charge in [0.1, 0.15) is 0 Å². The molecule has 0 aliphatic rings. The van der Waals surface area contributed by atoms with Crippen LogP contribution >= 0.6 is 0 Å². The maximum Gasteiger partial charge on any atom is 0.308 e. The van der Waals surface area contributed by atoms with Crippen molar-refractivity contribution in [1.29, 1.82) is 0 Å². The molecule has 0 saturated heterocycles. The van der Waals surface area contributed by atoms with Crippen LogP contribution < -0.4 is 0 Å². The molecule has 0 radical (unpaired) electrons. The van der Waals surface area contributed by atoms with Crippen LogP contribution in [-0.2, 0) is 9.53 Å². The monoisotopic (exact) mass is 256 g/mol. The SMILES string of the molecule is CCCCCCCCC(CC)C(=O)OCCCC. The molecule has 0 aromatic rings. The average Bonchev–Trinajstić information content (AvgIpc) is 2.38. The first kappa shape index (κ1) is 17.5. The van der Waals surface area contributed by atoms with Crippen LogP contribution in [0.1, 0.15) is 85.0 Å². The van der Waals surface area contributed by atoms with E-state index in [2.05, 4.69) is 20.8 Å². The van der Waals surface area contributed by atoms with Gasteiger partial charge in [-0.25, -0.2) is 0 Å². The minimum absolute atomic E-state index is 0.0273. The van der Waals surface area contributed by atoms with Crippen LogP contribution in [0, 0.1) is 5.92 Å². The largest absolute Gasteiger partial charge is 0.465 e. The molecule has 0 aliphatic carbocycles. The Morgan fingerprint density at radius 1 is 0.889 bits per heavy atom. The molecule has 1 atom stereocenters. The van der Waals surface area contributed by atoms with Gasteiger partial charge in [0, 0.05) is 0 Å². The molecular weight excluding hydrogens is 224 g/mol. The topological polar surface area (TPSA) is 26.3 Å². The van der Waals surface area contributed by atoms with E-state index in [4.69, 9.17) is 4.74 Å². The summed E-state index contributed by atoms with van der Waals surface area (Å²) in [7, 11) is 0. The highest BCUT2D eigenvalue weighted by atomic mass is 16.5. The summed E-state index contributed by atoms with van der Waals surface area (Å²) >= 11 is 0. The van der Waals surface area contributed by atoms with E-state index >= 15 is 0 Å². The minimum Gasteiger partial charge on any atom is -0.465 e. The van der Waals surface area contributed by atoms with Crippen molar-refractivity contribution in [2.75, 3.05) is 6.61 Å². The lowest BCUT2D eigenvalue weighted by atomic mass is 9.98. The normalized spacial score (nSPS) is 12.4. The second-order valence-corrected chi connectivity index (χ2v) is 5.18. The van der Waals surface area contributed by atoms with Gasteiger partial charge in [-0.3, -0.25) is 4.79 Å². The second kappa shape index (κ2) is 12.9. The van der Waals surface area contributed by atoms with E-state index < -0.39 is 0 Å². The van der Waals surface area contributed by atoms with Crippen molar-refractivity contribution in [2.24, 2.45) is 5.92 Å². The minimum atomic E-state index is 0.0273. The zero-order valence-corrected chi connectivity index (χ0v) is 12.7. The van der Waals surface area contributed by atoms with Gasteiger partial charge >= 0.3 is 5.97 Å². The second-order valence-electron chi connectivity index (χ2n) is 5.18. The van der Waals surface area contributed by atoms with Crippen LogP contribution in [0.4, 0.5) is 0 Å². The van der Waals surface area contributed by atoms with Gasteiger partial charge in [0.2, 0.25) is 0 Å². The van der Waals surface area contributed by atoms with E-state index in [9.17, 15) is 4.79 Å². The molecule has 0 fully saturated rings. The summed E-state index contributed by atoms with van der Waals surface area (Å²) in [5.74, 6) is 0.160. The molecule has 0 saturated carbocycles. The highest BCUT2D eigenvalue weighted by molar-refractivity contribution is 5.72. The Labute approximate surface area is 113 Å². The fourth-order valence-corrected chi connectivity index (χ4v) is 2.09. The number of rotatable bonds is 12. The molecular formula is C16H32O2. The van der Waals surface area contributed by atoms with Gasteiger partial charge in [-0.1, -0.05) is 65.7 Å². The average molecular weight is 256 g/mol. The molecule has 0 spiro atoms. The number of carbonyl (C=O) groups excluding carboxylic acids is 1. The third-order valence-electron chi connectivity index (χ3n) is 3.47. The Balaban J connectivity index is 3.58. The summed E-state index contributed by atoms with van der Waals surface area (Å²) in [6.07, 6.45) is 11.7. The fraction of sp³-hybridized carbons (Fsp3) is 0.938.